The first-order valence-corrected chi connectivity index (χ1v) is 8.57. The van der Waals surface area contributed by atoms with Crippen molar-refractivity contribution in [3.63, 3.8) is 0 Å². The highest BCUT2D eigenvalue weighted by atomic mass is 79.9. The highest BCUT2D eigenvalue weighted by Crippen LogP contribution is 2.47. The summed E-state index contributed by atoms with van der Waals surface area (Å²) in [6, 6.07) is 8.36. The average Bonchev–Trinajstić information content (AvgIpc) is 3.37. The number of hydrogen-bond donors (Lipinski definition) is 0. The van der Waals surface area contributed by atoms with Crippen LogP contribution in [-0.4, -0.2) is 17.6 Å². The lowest BCUT2D eigenvalue weighted by Gasteiger charge is -2.08. The van der Waals surface area contributed by atoms with E-state index in [2.05, 4.69) is 20.9 Å². The second kappa shape index (κ2) is 7.30. The van der Waals surface area contributed by atoms with E-state index >= 15 is 0 Å². The fourth-order valence-corrected chi connectivity index (χ4v) is 2.95. The van der Waals surface area contributed by atoms with Crippen molar-refractivity contribution in [2.45, 2.75) is 25.9 Å². The monoisotopic (exact) mass is 393 g/mol. The van der Waals surface area contributed by atoms with Crippen molar-refractivity contribution in [1.82, 2.24) is 4.98 Å². The van der Waals surface area contributed by atoms with Gasteiger partial charge in [0.1, 0.15) is 18.2 Å². The van der Waals surface area contributed by atoms with E-state index in [1.54, 1.807) is 31.3 Å². The second-order valence-electron chi connectivity index (χ2n) is 5.64. The smallest absolute Gasteiger partial charge is 0.309 e. The van der Waals surface area contributed by atoms with Crippen LogP contribution in [-0.2, 0) is 16.1 Å². The maximum atomic E-state index is 13.7. The predicted octanol–water partition coefficient (Wildman–Crippen LogP) is 4.23. The molecule has 0 spiro atoms. The van der Waals surface area contributed by atoms with Crippen LogP contribution in [0.25, 0.3) is 0 Å². The van der Waals surface area contributed by atoms with Crippen LogP contribution in [0, 0.1) is 11.7 Å². The molecule has 0 N–H and O–H groups in total. The number of aromatic nitrogens is 1. The molecular weight excluding hydrogens is 377 g/mol. The molecule has 0 amide bonds. The van der Waals surface area contributed by atoms with E-state index < -0.39 is 0 Å². The number of carbonyl (C=O) groups excluding carboxylic acids is 1. The van der Waals surface area contributed by atoms with Gasteiger partial charge in [0.15, 0.2) is 0 Å². The normalized spacial score (nSPS) is 19.0. The minimum atomic E-state index is -0.307. The van der Waals surface area contributed by atoms with Gasteiger partial charge in [0.2, 0.25) is 0 Å². The fraction of sp³-hybridized carbons (Fsp3) is 0.333. The van der Waals surface area contributed by atoms with Crippen LogP contribution < -0.4 is 4.74 Å². The second-order valence-corrected chi connectivity index (χ2v) is 6.56. The maximum Gasteiger partial charge on any atom is 0.309 e. The highest BCUT2D eigenvalue weighted by molar-refractivity contribution is 9.10. The van der Waals surface area contributed by atoms with Crippen molar-refractivity contribution in [3.05, 3.63) is 58.1 Å². The van der Waals surface area contributed by atoms with Gasteiger partial charge in [-0.3, -0.25) is 9.78 Å². The lowest BCUT2D eigenvalue weighted by molar-refractivity contribution is -0.144. The first kappa shape index (κ1) is 16.9. The Morgan fingerprint density at radius 2 is 2.21 bits per heavy atom. The zero-order valence-corrected chi connectivity index (χ0v) is 14.8. The Balaban J connectivity index is 1.58. The van der Waals surface area contributed by atoms with Crippen molar-refractivity contribution in [3.8, 4) is 5.75 Å². The molecule has 0 aliphatic heterocycles. The average molecular weight is 394 g/mol. The molecule has 0 unspecified atom stereocenters. The SMILES string of the molecule is CCOC(=O)[C@@H]1C[C@H]1c1ccc(OCc2cc(Br)ccc2F)cn1. The number of nitrogens with zero attached hydrogens (tertiary/aromatic N) is 1. The number of halogens is 2. The standard InChI is InChI=1S/C18H17BrFNO3/c1-2-23-18(22)15-8-14(15)17-6-4-13(9-21-17)24-10-11-7-12(19)3-5-16(11)20/h3-7,9,14-15H,2,8,10H2,1H3/t14-,15-/m1/s1. The lowest BCUT2D eigenvalue weighted by atomic mass is 10.2. The molecule has 1 saturated carbocycles. The van der Waals surface area contributed by atoms with Gasteiger partial charge in [-0.15, -0.1) is 0 Å². The molecule has 1 aliphatic rings. The van der Waals surface area contributed by atoms with Crippen LogP contribution >= 0.6 is 15.9 Å². The third-order valence-electron chi connectivity index (χ3n) is 3.92. The minimum Gasteiger partial charge on any atom is -0.487 e. The van der Waals surface area contributed by atoms with Crippen molar-refractivity contribution in [2.24, 2.45) is 5.92 Å². The molecule has 6 heteroatoms. The Morgan fingerprint density at radius 3 is 2.92 bits per heavy atom. The number of esters is 1. The number of rotatable bonds is 6. The van der Waals surface area contributed by atoms with E-state index in [0.29, 0.717) is 17.9 Å². The van der Waals surface area contributed by atoms with Crippen molar-refractivity contribution in [1.29, 1.82) is 0 Å². The van der Waals surface area contributed by atoms with Crippen LogP contribution in [0.3, 0.4) is 0 Å². The summed E-state index contributed by atoms with van der Waals surface area (Å²) < 4.78 is 25.1. The summed E-state index contributed by atoms with van der Waals surface area (Å²) in [7, 11) is 0. The molecule has 0 saturated heterocycles. The summed E-state index contributed by atoms with van der Waals surface area (Å²) in [6.07, 6.45) is 2.38. The third kappa shape index (κ3) is 3.93. The molecule has 4 nitrogen and oxygen atoms in total. The Labute approximate surface area is 148 Å². The molecule has 1 aromatic carbocycles. The number of pyridine rings is 1. The van der Waals surface area contributed by atoms with Crippen LogP contribution in [0.15, 0.2) is 41.0 Å². The number of hydrogen-bond acceptors (Lipinski definition) is 4. The summed E-state index contributed by atoms with van der Waals surface area (Å²) in [6.45, 7) is 2.32. The zero-order chi connectivity index (χ0) is 17.1. The highest BCUT2D eigenvalue weighted by Gasteiger charge is 2.46. The van der Waals surface area contributed by atoms with Gasteiger partial charge >= 0.3 is 5.97 Å². The molecule has 24 heavy (non-hydrogen) atoms. The van der Waals surface area contributed by atoms with Gasteiger partial charge in [-0.25, -0.2) is 4.39 Å². The summed E-state index contributed by atoms with van der Waals surface area (Å²) in [4.78, 5) is 16.0. The first-order valence-electron chi connectivity index (χ1n) is 7.77. The molecule has 2 atom stereocenters. The summed E-state index contributed by atoms with van der Waals surface area (Å²) in [5, 5.41) is 0. The Bertz CT molecular complexity index is 736. The number of ether oxygens (including phenoxy) is 2. The van der Waals surface area contributed by atoms with E-state index in [0.717, 1.165) is 16.6 Å². The lowest BCUT2D eigenvalue weighted by Crippen LogP contribution is -2.07. The van der Waals surface area contributed by atoms with Crippen LogP contribution in [0.4, 0.5) is 4.39 Å². The topological polar surface area (TPSA) is 48.4 Å². The van der Waals surface area contributed by atoms with Crippen molar-refractivity contribution >= 4 is 21.9 Å². The molecule has 1 heterocycles. The van der Waals surface area contributed by atoms with Gasteiger partial charge in [-0.2, -0.15) is 0 Å². The van der Waals surface area contributed by atoms with E-state index in [9.17, 15) is 9.18 Å². The van der Waals surface area contributed by atoms with Gasteiger partial charge in [0.05, 0.1) is 18.7 Å². The van der Waals surface area contributed by atoms with E-state index in [-0.39, 0.29) is 30.2 Å². The Hall–Kier alpha value is -1.95. The van der Waals surface area contributed by atoms with E-state index in [1.165, 1.54) is 6.07 Å². The predicted molar refractivity (Wildman–Crippen MR) is 90.2 cm³/mol. The summed E-state index contributed by atoms with van der Waals surface area (Å²) in [5.41, 5.74) is 1.33. The number of carbonyl (C=O) groups is 1. The van der Waals surface area contributed by atoms with Crippen molar-refractivity contribution in [2.75, 3.05) is 6.61 Å². The van der Waals surface area contributed by atoms with E-state index in [4.69, 9.17) is 9.47 Å². The van der Waals surface area contributed by atoms with Gasteiger partial charge in [-0.05, 0) is 43.7 Å². The molecule has 3 rings (SSSR count). The van der Waals surface area contributed by atoms with E-state index in [1.807, 2.05) is 6.07 Å². The largest absolute Gasteiger partial charge is 0.487 e. The molecule has 1 aromatic heterocycles. The fourth-order valence-electron chi connectivity index (χ4n) is 2.54. The van der Waals surface area contributed by atoms with Gasteiger partial charge in [-0.1, -0.05) is 15.9 Å². The third-order valence-corrected chi connectivity index (χ3v) is 4.41. The summed E-state index contributed by atoms with van der Waals surface area (Å²) >= 11 is 3.31. The molecule has 1 fully saturated rings. The zero-order valence-electron chi connectivity index (χ0n) is 13.2. The molecule has 0 bridgehead atoms. The minimum absolute atomic E-state index is 0.0833. The number of benzene rings is 1. The van der Waals surface area contributed by atoms with Crippen molar-refractivity contribution < 1.29 is 18.7 Å². The van der Waals surface area contributed by atoms with Gasteiger partial charge in [0, 0.05) is 21.6 Å². The maximum absolute atomic E-state index is 13.7. The molecular formula is C18H17BrFNO3. The Morgan fingerprint density at radius 1 is 1.38 bits per heavy atom. The summed E-state index contributed by atoms with van der Waals surface area (Å²) in [5.74, 6) is 0.139. The van der Waals surface area contributed by atoms with Crippen LogP contribution in [0.1, 0.15) is 30.5 Å². The molecule has 1 aliphatic carbocycles. The molecule has 0 radical (unpaired) electrons. The van der Waals surface area contributed by atoms with Gasteiger partial charge < -0.3 is 9.47 Å². The molecule has 2 aromatic rings. The van der Waals surface area contributed by atoms with Crippen LogP contribution in [0.2, 0.25) is 0 Å². The quantitative estimate of drug-likeness (QED) is 0.689. The Kier molecular flexibility index (Phi) is 5.14. The van der Waals surface area contributed by atoms with Gasteiger partial charge in [0.25, 0.3) is 0 Å². The molecule has 126 valence electrons. The van der Waals surface area contributed by atoms with Crippen LogP contribution in [0.5, 0.6) is 5.75 Å². The first-order chi connectivity index (χ1) is 11.6.